The highest BCUT2D eigenvalue weighted by Gasteiger charge is 2.38. The molecular weight excluding hydrogens is 504 g/mol. The standard InChI is InChI=1S/C30H31ClN2O5/c1-19-17-27(33(20(2)34)23-13-11-22(31)12-14-23)25-7-5-6-8-26(25)32(19)28(35)21-9-15-24(16-10-21)38-18-30(3,4)29(36)37/h5-16,19,27H,17-18H2,1-4H3,(H,36,37). The van der Waals surface area contributed by atoms with Gasteiger partial charge in [0.15, 0.2) is 0 Å². The van der Waals surface area contributed by atoms with Gasteiger partial charge < -0.3 is 19.6 Å². The highest BCUT2D eigenvalue weighted by atomic mass is 35.5. The Morgan fingerprint density at radius 1 is 1.03 bits per heavy atom. The molecule has 0 saturated carbocycles. The van der Waals surface area contributed by atoms with Gasteiger partial charge >= 0.3 is 5.97 Å². The summed E-state index contributed by atoms with van der Waals surface area (Å²) in [6, 6.07) is 21.1. The number of rotatable bonds is 7. The smallest absolute Gasteiger partial charge is 0.312 e. The number of aliphatic carboxylic acids is 1. The van der Waals surface area contributed by atoms with Gasteiger partial charge in [-0.2, -0.15) is 0 Å². The van der Waals surface area contributed by atoms with Crippen LogP contribution in [0.1, 0.15) is 56.1 Å². The van der Waals surface area contributed by atoms with Gasteiger partial charge in [-0.25, -0.2) is 0 Å². The second kappa shape index (κ2) is 10.9. The Balaban J connectivity index is 1.61. The largest absolute Gasteiger partial charge is 0.492 e. The number of carboxylic acid groups (broad SMARTS) is 1. The number of carbonyl (C=O) groups excluding carboxylic acids is 2. The third-order valence-corrected chi connectivity index (χ3v) is 7.07. The van der Waals surface area contributed by atoms with Crippen molar-refractivity contribution >= 4 is 40.8 Å². The van der Waals surface area contributed by atoms with E-state index < -0.39 is 11.4 Å². The highest BCUT2D eigenvalue weighted by molar-refractivity contribution is 6.30. The van der Waals surface area contributed by atoms with Crippen LogP contribution in [-0.2, 0) is 9.59 Å². The predicted molar refractivity (Wildman–Crippen MR) is 148 cm³/mol. The van der Waals surface area contributed by atoms with E-state index in [4.69, 9.17) is 16.3 Å². The van der Waals surface area contributed by atoms with E-state index >= 15 is 0 Å². The molecule has 38 heavy (non-hydrogen) atoms. The molecule has 0 aromatic heterocycles. The van der Waals surface area contributed by atoms with E-state index in [2.05, 4.69) is 0 Å². The van der Waals surface area contributed by atoms with Crippen molar-refractivity contribution in [2.24, 2.45) is 5.41 Å². The molecule has 7 nitrogen and oxygen atoms in total. The fourth-order valence-corrected chi connectivity index (χ4v) is 4.80. The Bertz CT molecular complexity index is 1340. The van der Waals surface area contributed by atoms with E-state index in [-0.39, 0.29) is 30.5 Å². The number of carbonyl (C=O) groups is 3. The molecule has 0 radical (unpaired) electrons. The number of anilines is 2. The van der Waals surface area contributed by atoms with Crippen molar-refractivity contribution in [3.05, 3.63) is 88.9 Å². The molecule has 2 amide bonds. The summed E-state index contributed by atoms with van der Waals surface area (Å²) < 4.78 is 5.65. The lowest BCUT2D eigenvalue weighted by Crippen LogP contribution is -2.47. The van der Waals surface area contributed by atoms with Gasteiger partial charge in [-0.3, -0.25) is 14.4 Å². The van der Waals surface area contributed by atoms with Crippen molar-refractivity contribution in [3.8, 4) is 5.75 Å². The summed E-state index contributed by atoms with van der Waals surface area (Å²) in [6.45, 7) is 6.71. The summed E-state index contributed by atoms with van der Waals surface area (Å²) in [7, 11) is 0. The average molecular weight is 535 g/mol. The number of hydrogen-bond acceptors (Lipinski definition) is 4. The van der Waals surface area contributed by atoms with E-state index in [1.54, 1.807) is 67.0 Å². The van der Waals surface area contributed by atoms with Crippen molar-refractivity contribution in [1.29, 1.82) is 0 Å². The fourth-order valence-electron chi connectivity index (χ4n) is 4.68. The number of hydrogen-bond donors (Lipinski definition) is 1. The van der Waals surface area contributed by atoms with Crippen molar-refractivity contribution < 1.29 is 24.2 Å². The maximum Gasteiger partial charge on any atom is 0.312 e. The molecule has 1 heterocycles. The number of halogens is 1. The maximum atomic E-state index is 13.7. The molecule has 3 aromatic carbocycles. The number of carboxylic acids is 1. The van der Waals surface area contributed by atoms with Crippen LogP contribution in [0.15, 0.2) is 72.8 Å². The molecule has 0 spiro atoms. The monoisotopic (exact) mass is 534 g/mol. The quantitative estimate of drug-likeness (QED) is 0.381. The number of benzene rings is 3. The molecule has 8 heteroatoms. The third-order valence-electron chi connectivity index (χ3n) is 6.81. The first kappa shape index (κ1) is 27.2. The Labute approximate surface area is 227 Å². The predicted octanol–water partition coefficient (Wildman–Crippen LogP) is 6.36. The number of nitrogens with zero attached hydrogens (tertiary/aromatic N) is 2. The van der Waals surface area contributed by atoms with Gasteiger partial charge in [0.05, 0.1) is 11.5 Å². The Morgan fingerprint density at radius 2 is 1.66 bits per heavy atom. The lowest BCUT2D eigenvalue weighted by Gasteiger charge is -2.43. The average Bonchev–Trinajstić information content (AvgIpc) is 2.88. The zero-order chi connectivity index (χ0) is 27.6. The minimum Gasteiger partial charge on any atom is -0.492 e. The van der Waals surface area contributed by atoms with Crippen LogP contribution in [-0.4, -0.2) is 35.5 Å². The van der Waals surface area contributed by atoms with Crippen molar-refractivity contribution in [2.75, 3.05) is 16.4 Å². The molecule has 0 bridgehead atoms. The Morgan fingerprint density at radius 3 is 2.26 bits per heavy atom. The zero-order valence-electron chi connectivity index (χ0n) is 21.8. The van der Waals surface area contributed by atoms with Gasteiger partial charge in [0, 0.05) is 34.9 Å². The number of fused-ring (bicyclic) bond motifs is 1. The van der Waals surface area contributed by atoms with Crippen LogP contribution >= 0.6 is 11.6 Å². The fraction of sp³-hybridized carbons (Fsp3) is 0.300. The van der Waals surface area contributed by atoms with Crippen LogP contribution in [0.5, 0.6) is 5.75 Å². The molecule has 1 aliphatic heterocycles. The van der Waals surface area contributed by atoms with E-state index in [0.717, 1.165) is 16.9 Å². The van der Waals surface area contributed by atoms with Crippen molar-refractivity contribution in [2.45, 2.75) is 46.2 Å². The summed E-state index contributed by atoms with van der Waals surface area (Å²) in [5.41, 5.74) is 1.84. The molecule has 3 aromatic rings. The van der Waals surface area contributed by atoms with Gasteiger partial charge in [-0.1, -0.05) is 29.8 Å². The third kappa shape index (κ3) is 5.53. The van der Waals surface area contributed by atoms with E-state index in [1.807, 2.05) is 43.3 Å². The molecule has 198 valence electrons. The molecule has 2 atom stereocenters. The molecule has 0 fully saturated rings. The van der Waals surface area contributed by atoms with Crippen LogP contribution < -0.4 is 14.5 Å². The minimum absolute atomic E-state index is 0.00776. The molecule has 1 N–H and O–H groups in total. The highest BCUT2D eigenvalue weighted by Crippen LogP contribution is 2.43. The lowest BCUT2D eigenvalue weighted by atomic mass is 9.89. The van der Waals surface area contributed by atoms with E-state index in [1.165, 1.54) is 0 Å². The normalized spacial score (nSPS) is 16.9. The molecule has 0 saturated heterocycles. The van der Waals surface area contributed by atoms with Gasteiger partial charge in [-0.05, 0) is 87.4 Å². The summed E-state index contributed by atoms with van der Waals surface area (Å²) in [5, 5.41) is 9.88. The lowest BCUT2D eigenvalue weighted by molar-refractivity contribution is -0.148. The molecule has 4 rings (SSSR count). The second-order valence-corrected chi connectivity index (χ2v) is 10.6. The van der Waals surface area contributed by atoms with Crippen LogP contribution in [0, 0.1) is 5.41 Å². The van der Waals surface area contributed by atoms with E-state index in [0.29, 0.717) is 22.8 Å². The summed E-state index contributed by atoms with van der Waals surface area (Å²) in [6.07, 6.45) is 0.552. The SMILES string of the molecule is CC(=O)N(c1ccc(Cl)cc1)C1CC(C)N(C(=O)c2ccc(OCC(C)(C)C(=O)O)cc2)c2ccccc21. The van der Waals surface area contributed by atoms with Crippen molar-refractivity contribution in [3.63, 3.8) is 0 Å². The van der Waals surface area contributed by atoms with Gasteiger partial charge in [-0.15, -0.1) is 0 Å². The molecule has 2 unspecified atom stereocenters. The second-order valence-electron chi connectivity index (χ2n) is 10.2. The minimum atomic E-state index is -1.03. The molecule has 0 aliphatic carbocycles. The topological polar surface area (TPSA) is 87.2 Å². The van der Waals surface area contributed by atoms with Crippen LogP contribution in [0.2, 0.25) is 5.02 Å². The summed E-state index contributed by atoms with van der Waals surface area (Å²) >= 11 is 6.08. The van der Waals surface area contributed by atoms with Gasteiger partial charge in [0.25, 0.3) is 5.91 Å². The molecular formula is C30H31ClN2O5. The first-order valence-electron chi connectivity index (χ1n) is 12.4. The van der Waals surface area contributed by atoms with Crippen LogP contribution in [0.3, 0.4) is 0 Å². The maximum absolute atomic E-state index is 13.7. The summed E-state index contributed by atoms with van der Waals surface area (Å²) in [4.78, 5) is 41.4. The number of amides is 2. The van der Waals surface area contributed by atoms with Crippen LogP contribution in [0.4, 0.5) is 11.4 Å². The number of ether oxygens (including phenoxy) is 1. The molecule has 1 aliphatic rings. The first-order chi connectivity index (χ1) is 18.0. The Kier molecular flexibility index (Phi) is 7.78. The van der Waals surface area contributed by atoms with Gasteiger partial charge in [0.1, 0.15) is 12.4 Å². The van der Waals surface area contributed by atoms with Crippen LogP contribution in [0.25, 0.3) is 0 Å². The van der Waals surface area contributed by atoms with Crippen molar-refractivity contribution in [1.82, 2.24) is 0 Å². The Hall–Kier alpha value is -3.84. The van der Waals surface area contributed by atoms with Gasteiger partial charge in [0.2, 0.25) is 5.91 Å². The van der Waals surface area contributed by atoms with E-state index in [9.17, 15) is 19.5 Å². The zero-order valence-corrected chi connectivity index (χ0v) is 22.6. The number of para-hydroxylation sites is 1. The summed E-state index contributed by atoms with van der Waals surface area (Å²) in [5.74, 6) is -0.717. The first-order valence-corrected chi connectivity index (χ1v) is 12.8.